The van der Waals surface area contributed by atoms with Gasteiger partial charge in [-0.1, -0.05) is 29.8 Å². The van der Waals surface area contributed by atoms with Gasteiger partial charge in [0.05, 0.1) is 6.61 Å². The summed E-state index contributed by atoms with van der Waals surface area (Å²) in [6.07, 6.45) is 0. The average molecular weight is 388 g/mol. The summed E-state index contributed by atoms with van der Waals surface area (Å²) in [5.41, 5.74) is 7.47. The Balaban J connectivity index is 0.00000261. The highest BCUT2D eigenvalue weighted by atomic mass is 35.5. The summed E-state index contributed by atoms with van der Waals surface area (Å²) < 4.78 is 7.29. The van der Waals surface area contributed by atoms with Crippen LogP contribution in [0.4, 0.5) is 5.82 Å². The highest BCUT2D eigenvalue weighted by Crippen LogP contribution is 2.36. The first-order valence-electron chi connectivity index (χ1n) is 9.25. The van der Waals surface area contributed by atoms with Crippen molar-refractivity contribution < 1.29 is 4.74 Å². The van der Waals surface area contributed by atoms with Crippen LogP contribution in [-0.4, -0.2) is 36.6 Å². The second kappa shape index (κ2) is 8.77. The lowest BCUT2D eigenvalue weighted by Crippen LogP contribution is -2.28. The largest absolute Gasteiger partial charge is 0.383 e. The van der Waals surface area contributed by atoms with Gasteiger partial charge in [0, 0.05) is 38.2 Å². The number of hydrogen-bond donors (Lipinski definition) is 0. The third-order valence-electron chi connectivity index (χ3n) is 5.03. The molecule has 0 fully saturated rings. The molecule has 0 amide bonds. The summed E-state index contributed by atoms with van der Waals surface area (Å²) in [6.45, 7) is 11.2. The van der Waals surface area contributed by atoms with Crippen molar-refractivity contribution in [2.24, 2.45) is 7.05 Å². The van der Waals surface area contributed by atoms with Gasteiger partial charge >= 0.3 is 0 Å². The van der Waals surface area contributed by atoms with Crippen molar-refractivity contribution in [2.75, 3.05) is 31.7 Å². The van der Waals surface area contributed by atoms with E-state index in [1.54, 1.807) is 7.11 Å². The van der Waals surface area contributed by atoms with Crippen LogP contribution in [-0.2, 0) is 11.8 Å². The van der Waals surface area contributed by atoms with Gasteiger partial charge in [-0.3, -0.25) is 4.68 Å². The zero-order valence-corrected chi connectivity index (χ0v) is 18.0. The van der Waals surface area contributed by atoms with E-state index in [0.29, 0.717) is 6.61 Å². The monoisotopic (exact) mass is 387 g/mol. The third-order valence-corrected chi connectivity index (χ3v) is 5.03. The van der Waals surface area contributed by atoms with Crippen molar-refractivity contribution in [3.63, 3.8) is 0 Å². The average Bonchev–Trinajstić information content (AvgIpc) is 2.92. The van der Waals surface area contributed by atoms with Crippen molar-refractivity contribution in [1.82, 2.24) is 9.78 Å². The van der Waals surface area contributed by atoms with Gasteiger partial charge in [-0.2, -0.15) is 5.10 Å². The lowest BCUT2D eigenvalue weighted by Gasteiger charge is -2.22. The molecule has 3 rings (SSSR count). The summed E-state index contributed by atoms with van der Waals surface area (Å²) in [5.74, 6) is 1.16. The highest BCUT2D eigenvalue weighted by Gasteiger charge is 2.19. The number of rotatable bonds is 6. The van der Waals surface area contributed by atoms with E-state index in [1.165, 1.54) is 33.2 Å². The summed E-state index contributed by atoms with van der Waals surface area (Å²) in [6, 6.07) is 11.0. The van der Waals surface area contributed by atoms with E-state index in [1.807, 2.05) is 11.7 Å². The molecule has 1 heterocycles. The molecule has 0 atom stereocenters. The predicted octanol–water partition coefficient (Wildman–Crippen LogP) is 5.06. The van der Waals surface area contributed by atoms with Gasteiger partial charge in [0.1, 0.15) is 11.3 Å². The Morgan fingerprint density at radius 1 is 1.11 bits per heavy atom. The lowest BCUT2D eigenvalue weighted by atomic mass is 9.92. The molecule has 0 radical (unpaired) electrons. The van der Waals surface area contributed by atoms with E-state index >= 15 is 0 Å². The van der Waals surface area contributed by atoms with E-state index in [2.05, 4.69) is 62.9 Å². The lowest BCUT2D eigenvalue weighted by molar-refractivity contribution is 0.205. The second-order valence-electron chi connectivity index (χ2n) is 7.00. The zero-order chi connectivity index (χ0) is 18.8. The molecule has 1 aromatic heterocycles. The number of aromatic nitrogens is 2. The first kappa shape index (κ1) is 21.3. The van der Waals surface area contributed by atoms with Crippen LogP contribution in [0.25, 0.3) is 22.0 Å². The number of nitrogens with zero attached hydrogens (tertiary/aromatic N) is 3. The van der Waals surface area contributed by atoms with Crippen LogP contribution in [0.15, 0.2) is 30.3 Å². The van der Waals surface area contributed by atoms with Crippen molar-refractivity contribution >= 4 is 29.1 Å². The smallest absolute Gasteiger partial charge is 0.134 e. The molecule has 0 saturated heterocycles. The molecule has 0 aliphatic carbocycles. The number of anilines is 1. The van der Waals surface area contributed by atoms with Gasteiger partial charge in [0.25, 0.3) is 0 Å². The van der Waals surface area contributed by atoms with Crippen LogP contribution in [0.3, 0.4) is 0 Å². The Morgan fingerprint density at radius 2 is 1.78 bits per heavy atom. The Morgan fingerprint density at radius 3 is 2.37 bits per heavy atom. The van der Waals surface area contributed by atoms with Crippen LogP contribution in [0.5, 0.6) is 0 Å². The Hall–Kier alpha value is -2.04. The highest BCUT2D eigenvalue weighted by molar-refractivity contribution is 6.01. The number of halogens is 1. The fourth-order valence-electron chi connectivity index (χ4n) is 4.00. The summed E-state index contributed by atoms with van der Waals surface area (Å²) in [4.78, 5) is 2.33. The third kappa shape index (κ3) is 3.97. The SMILES string of the molecule is CCN(CCOC)c1c2cccc(-c3c(C)cc(C)cc3C)c2nn1C.Cl. The van der Waals surface area contributed by atoms with Crippen LogP contribution < -0.4 is 4.90 Å². The Kier molecular flexibility index (Phi) is 6.90. The topological polar surface area (TPSA) is 30.3 Å². The molecule has 0 unspecified atom stereocenters. The van der Waals surface area contributed by atoms with Crippen molar-refractivity contribution in [2.45, 2.75) is 27.7 Å². The maximum absolute atomic E-state index is 5.29. The van der Waals surface area contributed by atoms with Gasteiger partial charge in [-0.15, -0.1) is 12.4 Å². The number of benzene rings is 2. The predicted molar refractivity (Wildman–Crippen MR) is 117 cm³/mol. The minimum Gasteiger partial charge on any atom is -0.383 e. The molecule has 27 heavy (non-hydrogen) atoms. The second-order valence-corrected chi connectivity index (χ2v) is 7.00. The normalized spacial score (nSPS) is 10.9. The molecule has 0 N–H and O–H groups in total. The fraction of sp³-hybridized carbons (Fsp3) is 0.409. The zero-order valence-electron chi connectivity index (χ0n) is 17.2. The first-order chi connectivity index (χ1) is 12.5. The molecule has 0 bridgehead atoms. The number of fused-ring (bicyclic) bond motifs is 1. The molecule has 0 aliphatic rings. The molecule has 0 spiro atoms. The maximum atomic E-state index is 5.29. The summed E-state index contributed by atoms with van der Waals surface area (Å²) in [7, 11) is 3.78. The molecular formula is C22H30ClN3O. The molecule has 3 aromatic rings. The van der Waals surface area contributed by atoms with Gasteiger partial charge < -0.3 is 9.64 Å². The Bertz CT molecular complexity index is 910. The van der Waals surface area contributed by atoms with Gasteiger partial charge in [-0.05, 0) is 50.5 Å². The van der Waals surface area contributed by atoms with Crippen LogP contribution in [0, 0.1) is 20.8 Å². The van der Waals surface area contributed by atoms with Crippen molar-refractivity contribution in [3.05, 3.63) is 47.0 Å². The van der Waals surface area contributed by atoms with Gasteiger partial charge in [-0.25, -0.2) is 0 Å². The standard InChI is InChI=1S/C22H29N3O.ClH/c1-7-25(11-12-26-6)22-19-10-8-9-18(21(19)23-24(22)5)20-16(3)13-15(2)14-17(20)4;/h8-10,13-14H,7,11-12H2,1-6H3;1H. The van der Waals surface area contributed by atoms with E-state index in [-0.39, 0.29) is 12.4 Å². The fourth-order valence-corrected chi connectivity index (χ4v) is 4.00. The van der Waals surface area contributed by atoms with Crippen LogP contribution in [0.1, 0.15) is 23.6 Å². The Labute approximate surface area is 168 Å². The summed E-state index contributed by atoms with van der Waals surface area (Å²) in [5, 5.41) is 6.10. The minimum absolute atomic E-state index is 0. The van der Waals surface area contributed by atoms with E-state index in [0.717, 1.165) is 24.4 Å². The first-order valence-corrected chi connectivity index (χ1v) is 9.25. The van der Waals surface area contributed by atoms with Crippen molar-refractivity contribution in [3.8, 4) is 11.1 Å². The number of likely N-dealkylation sites (N-methyl/N-ethyl adjacent to an activating group) is 1. The van der Waals surface area contributed by atoms with Crippen molar-refractivity contribution in [1.29, 1.82) is 0 Å². The van der Waals surface area contributed by atoms with Gasteiger partial charge in [0.2, 0.25) is 0 Å². The number of methoxy groups -OCH3 is 1. The quantitative estimate of drug-likeness (QED) is 0.592. The number of ether oxygens (including phenoxy) is 1. The molecular weight excluding hydrogens is 358 g/mol. The molecule has 4 nitrogen and oxygen atoms in total. The van der Waals surface area contributed by atoms with Gasteiger partial charge in [0.15, 0.2) is 0 Å². The van der Waals surface area contributed by atoms with E-state index in [4.69, 9.17) is 9.84 Å². The number of aryl methyl sites for hydroxylation is 4. The molecule has 0 saturated carbocycles. The van der Waals surface area contributed by atoms with Crippen LogP contribution in [0.2, 0.25) is 0 Å². The molecule has 146 valence electrons. The number of hydrogen-bond acceptors (Lipinski definition) is 3. The minimum atomic E-state index is 0. The van der Waals surface area contributed by atoms with E-state index in [9.17, 15) is 0 Å². The molecule has 2 aromatic carbocycles. The maximum Gasteiger partial charge on any atom is 0.134 e. The molecule has 0 aliphatic heterocycles. The van der Waals surface area contributed by atoms with Crippen LogP contribution >= 0.6 is 12.4 Å². The molecule has 5 heteroatoms. The summed E-state index contributed by atoms with van der Waals surface area (Å²) >= 11 is 0. The van der Waals surface area contributed by atoms with E-state index < -0.39 is 0 Å².